The number of aromatic amines is 1. The summed E-state index contributed by atoms with van der Waals surface area (Å²) in [6, 6.07) is 0. The molecule has 2 N–H and O–H groups in total. The largest absolute Gasteiger partial charge is 0.360 e. The fourth-order valence-electron chi connectivity index (χ4n) is 1.09. The van der Waals surface area contributed by atoms with Gasteiger partial charge in [0.15, 0.2) is 3.95 Å². The number of nitrogens with one attached hydrogen (secondary N) is 2. The van der Waals surface area contributed by atoms with E-state index in [1.807, 2.05) is 6.20 Å². The lowest BCUT2D eigenvalue weighted by atomic mass is 10.4. The maximum Gasteiger partial charge on any atom is 0.204 e. The van der Waals surface area contributed by atoms with Crippen molar-refractivity contribution in [3.05, 3.63) is 16.3 Å². The van der Waals surface area contributed by atoms with Crippen molar-refractivity contribution < 1.29 is 0 Å². The van der Waals surface area contributed by atoms with Gasteiger partial charge in [0.25, 0.3) is 0 Å². The SMILES string of the molecule is S=c1[nH]nc(NCCCn2ccnn2)s1. The zero-order valence-corrected chi connectivity index (χ0v) is 9.51. The quantitative estimate of drug-likeness (QED) is 0.610. The minimum atomic E-state index is 0.689. The van der Waals surface area contributed by atoms with Gasteiger partial charge in [0, 0.05) is 19.3 Å². The smallest absolute Gasteiger partial charge is 0.204 e. The normalized spacial score (nSPS) is 10.4. The Bertz CT molecular complexity index is 444. The van der Waals surface area contributed by atoms with Crippen LogP contribution in [0, 0.1) is 3.95 Å². The summed E-state index contributed by atoms with van der Waals surface area (Å²) >= 11 is 6.35. The first-order valence-electron chi connectivity index (χ1n) is 4.48. The van der Waals surface area contributed by atoms with Crippen LogP contribution in [0.3, 0.4) is 0 Å². The molecule has 0 atom stereocenters. The van der Waals surface area contributed by atoms with E-state index >= 15 is 0 Å². The predicted octanol–water partition coefficient (Wildman–Crippen LogP) is 1.29. The summed E-state index contributed by atoms with van der Waals surface area (Å²) in [5.74, 6) is 0. The average Bonchev–Trinajstić information content (AvgIpc) is 2.84. The monoisotopic (exact) mass is 242 g/mol. The lowest BCUT2D eigenvalue weighted by molar-refractivity contribution is 0.569. The molecule has 2 aromatic rings. The van der Waals surface area contributed by atoms with Gasteiger partial charge in [-0.15, -0.1) is 10.2 Å². The number of anilines is 1. The molecule has 0 saturated heterocycles. The van der Waals surface area contributed by atoms with E-state index in [4.69, 9.17) is 12.2 Å². The van der Waals surface area contributed by atoms with Gasteiger partial charge in [0.05, 0.1) is 6.20 Å². The van der Waals surface area contributed by atoms with Crippen LogP contribution >= 0.6 is 23.6 Å². The molecule has 8 heteroatoms. The highest BCUT2D eigenvalue weighted by atomic mass is 32.1. The molecule has 0 aliphatic heterocycles. The van der Waals surface area contributed by atoms with Crippen LogP contribution in [0.4, 0.5) is 5.13 Å². The van der Waals surface area contributed by atoms with Crippen LogP contribution in [0.15, 0.2) is 12.4 Å². The molecule has 0 radical (unpaired) electrons. The summed E-state index contributed by atoms with van der Waals surface area (Å²) < 4.78 is 2.49. The summed E-state index contributed by atoms with van der Waals surface area (Å²) in [4.78, 5) is 0. The second kappa shape index (κ2) is 4.99. The lowest BCUT2D eigenvalue weighted by Gasteiger charge is -2.01. The molecule has 2 rings (SSSR count). The molecule has 6 nitrogen and oxygen atoms in total. The van der Waals surface area contributed by atoms with Gasteiger partial charge < -0.3 is 5.32 Å². The number of nitrogens with zero attached hydrogens (tertiary/aromatic N) is 4. The number of aryl methyl sites for hydroxylation is 1. The van der Waals surface area contributed by atoms with E-state index in [0.717, 1.165) is 24.6 Å². The first-order chi connectivity index (χ1) is 7.34. The van der Waals surface area contributed by atoms with E-state index in [9.17, 15) is 0 Å². The van der Waals surface area contributed by atoms with Crippen molar-refractivity contribution in [3.63, 3.8) is 0 Å². The van der Waals surface area contributed by atoms with Crippen LogP contribution in [0.1, 0.15) is 6.42 Å². The summed E-state index contributed by atoms with van der Waals surface area (Å²) in [5, 5.41) is 18.3. The second-order valence-electron chi connectivity index (χ2n) is 2.86. The number of hydrogen-bond acceptors (Lipinski definition) is 6. The Morgan fingerprint density at radius 1 is 1.60 bits per heavy atom. The van der Waals surface area contributed by atoms with Gasteiger partial charge in [-0.3, -0.25) is 9.78 Å². The molecule has 15 heavy (non-hydrogen) atoms. The Balaban J connectivity index is 1.69. The number of hydrogen-bond donors (Lipinski definition) is 2. The second-order valence-corrected chi connectivity index (χ2v) is 4.53. The Morgan fingerprint density at radius 3 is 3.20 bits per heavy atom. The summed E-state index contributed by atoms with van der Waals surface area (Å²) in [7, 11) is 0. The van der Waals surface area contributed by atoms with Gasteiger partial charge in [-0.2, -0.15) is 0 Å². The van der Waals surface area contributed by atoms with Crippen molar-refractivity contribution in [2.75, 3.05) is 11.9 Å². The van der Waals surface area contributed by atoms with Gasteiger partial charge in [-0.25, -0.2) is 0 Å². The van der Waals surface area contributed by atoms with Gasteiger partial charge in [0.1, 0.15) is 0 Å². The summed E-state index contributed by atoms with van der Waals surface area (Å²) in [6.07, 6.45) is 4.49. The third-order valence-electron chi connectivity index (χ3n) is 1.75. The molecule has 80 valence electrons. The maximum atomic E-state index is 4.91. The molecule has 2 aromatic heterocycles. The maximum absolute atomic E-state index is 4.91. The molecule has 0 spiro atoms. The van der Waals surface area contributed by atoms with Crippen LogP contribution in [-0.4, -0.2) is 31.7 Å². The first-order valence-corrected chi connectivity index (χ1v) is 5.70. The van der Waals surface area contributed by atoms with E-state index in [-0.39, 0.29) is 0 Å². The molecule has 0 fully saturated rings. The standard InChI is InChI=1S/C7H10N6S2/c14-7-11-10-6(15-7)8-2-1-4-13-5-3-9-12-13/h3,5H,1-2,4H2,(H,8,10)(H,11,14). The molecule has 2 heterocycles. The molecule has 0 amide bonds. The zero-order valence-electron chi connectivity index (χ0n) is 7.88. The van der Waals surface area contributed by atoms with Crippen LogP contribution in [0.25, 0.3) is 0 Å². The molecular formula is C7H10N6S2. The fraction of sp³-hybridized carbons (Fsp3) is 0.429. The molecular weight excluding hydrogens is 232 g/mol. The van der Waals surface area contributed by atoms with Gasteiger partial charge in [0.2, 0.25) is 5.13 Å². The van der Waals surface area contributed by atoms with Crippen molar-refractivity contribution in [3.8, 4) is 0 Å². The van der Waals surface area contributed by atoms with Crippen molar-refractivity contribution >= 4 is 28.7 Å². The third kappa shape index (κ3) is 3.10. The van der Waals surface area contributed by atoms with Gasteiger partial charge in [-0.05, 0) is 18.6 Å². The summed E-state index contributed by atoms with van der Waals surface area (Å²) in [5.41, 5.74) is 0. The molecule has 0 unspecified atom stereocenters. The van der Waals surface area contributed by atoms with Gasteiger partial charge in [-0.1, -0.05) is 16.6 Å². The Morgan fingerprint density at radius 2 is 2.53 bits per heavy atom. The summed E-state index contributed by atoms with van der Waals surface area (Å²) in [6.45, 7) is 1.69. The molecule has 0 bridgehead atoms. The van der Waals surface area contributed by atoms with Crippen LogP contribution < -0.4 is 5.32 Å². The van der Waals surface area contributed by atoms with Crippen molar-refractivity contribution in [1.29, 1.82) is 0 Å². The highest BCUT2D eigenvalue weighted by Crippen LogP contribution is 2.10. The topological polar surface area (TPSA) is 71.4 Å². The zero-order chi connectivity index (χ0) is 10.5. The van der Waals surface area contributed by atoms with Crippen LogP contribution in [0.5, 0.6) is 0 Å². The highest BCUT2D eigenvalue weighted by molar-refractivity contribution is 7.73. The number of H-pyrrole nitrogens is 1. The highest BCUT2D eigenvalue weighted by Gasteiger charge is 1.96. The van der Waals surface area contributed by atoms with Crippen LogP contribution in [0.2, 0.25) is 0 Å². The van der Waals surface area contributed by atoms with E-state index in [0.29, 0.717) is 3.95 Å². The Labute approximate surface area is 95.3 Å². The Hall–Kier alpha value is -1.28. The molecule has 0 aliphatic rings. The van der Waals surface area contributed by atoms with E-state index in [1.54, 1.807) is 10.9 Å². The van der Waals surface area contributed by atoms with Crippen LogP contribution in [-0.2, 0) is 6.54 Å². The first kappa shape index (κ1) is 10.2. The van der Waals surface area contributed by atoms with Crippen molar-refractivity contribution in [2.24, 2.45) is 0 Å². The van der Waals surface area contributed by atoms with E-state index < -0.39 is 0 Å². The van der Waals surface area contributed by atoms with Crippen molar-refractivity contribution in [1.82, 2.24) is 25.2 Å². The molecule has 0 saturated carbocycles. The fourth-order valence-corrected chi connectivity index (χ4v) is 1.91. The predicted molar refractivity (Wildman–Crippen MR) is 60.4 cm³/mol. The van der Waals surface area contributed by atoms with Gasteiger partial charge >= 0.3 is 0 Å². The lowest BCUT2D eigenvalue weighted by Crippen LogP contribution is -2.07. The molecule has 0 aliphatic carbocycles. The number of rotatable bonds is 5. The Kier molecular flexibility index (Phi) is 3.41. The molecule has 0 aromatic carbocycles. The minimum absolute atomic E-state index is 0.689. The van der Waals surface area contributed by atoms with E-state index in [1.165, 1.54) is 11.3 Å². The minimum Gasteiger partial charge on any atom is -0.360 e. The third-order valence-corrected chi connectivity index (χ3v) is 2.80. The van der Waals surface area contributed by atoms with Crippen molar-refractivity contribution in [2.45, 2.75) is 13.0 Å². The van der Waals surface area contributed by atoms with E-state index in [2.05, 4.69) is 25.8 Å². The number of aromatic nitrogens is 5. The average molecular weight is 242 g/mol.